The minimum Gasteiger partial charge on any atom is -0.368 e. The fourth-order valence-electron chi connectivity index (χ4n) is 2.43. The van der Waals surface area contributed by atoms with Crippen LogP contribution in [0.2, 0.25) is 5.02 Å². The van der Waals surface area contributed by atoms with E-state index in [4.69, 9.17) is 11.6 Å². The number of aromatic nitrogens is 3. The molecule has 0 saturated heterocycles. The summed E-state index contributed by atoms with van der Waals surface area (Å²) >= 11 is 7.19. The van der Waals surface area contributed by atoms with Gasteiger partial charge in [0.1, 0.15) is 0 Å². The molecule has 2 heterocycles. The molecule has 1 N–H and O–H groups in total. The van der Waals surface area contributed by atoms with Crippen molar-refractivity contribution in [1.29, 1.82) is 0 Å². The molecule has 1 aromatic heterocycles. The van der Waals surface area contributed by atoms with Crippen LogP contribution in [0.5, 0.6) is 0 Å². The molecule has 0 aliphatic carbocycles. The Labute approximate surface area is 145 Å². The van der Waals surface area contributed by atoms with E-state index in [0.717, 1.165) is 10.5 Å². The predicted molar refractivity (Wildman–Crippen MR) is 88.0 cm³/mol. The van der Waals surface area contributed by atoms with Gasteiger partial charge >= 0.3 is 0 Å². The van der Waals surface area contributed by atoms with Gasteiger partial charge in [0.05, 0.1) is 4.92 Å². The third kappa shape index (κ3) is 2.44. The van der Waals surface area contributed by atoms with Crippen LogP contribution in [0.15, 0.2) is 52.5 Å². The quantitative estimate of drug-likeness (QED) is 0.555. The highest BCUT2D eigenvalue weighted by Crippen LogP contribution is 2.41. The zero-order valence-corrected chi connectivity index (χ0v) is 13.5. The lowest BCUT2D eigenvalue weighted by molar-refractivity contribution is -0.385. The zero-order chi connectivity index (χ0) is 16.8. The largest absolute Gasteiger partial charge is 0.368 e. The Bertz CT molecular complexity index is 958. The van der Waals surface area contributed by atoms with E-state index >= 15 is 0 Å². The number of hydrogen-bond acceptors (Lipinski definition) is 6. The van der Waals surface area contributed by atoms with E-state index in [1.165, 1.54) is 28.6 Å². The van der Waals surface area contributed by atoms with Gasteiger partial charge in [-0.1, -0.05) is 11.6 Å². The second-order valence-electron chi connectivity index (χ2n) is 5.12. The Kier molecular flexibility index (Phi) is 3.52. The Morgan fingerprint density at radius 1 is 1.25 bits per heavy atom. The van der Waals surface area contributed by atoms with Crippen LogP contribution in [0, 0.1) is 10.1 Å². The maximum Gasteiger partial charge on any atom is 0.269 e. The van der Waals surface area contributed by atoms with Crippen molar-refractivity contribution in [3.63, 3.8) is 0 Å². The van der Waals surface area contributed by atoms with Crippen LogP contribution >= 0.6 is 23.4 Å². The van der Waals surface area contributed by atoms with Crippen molar-refractivity contribution in [2.24, 2.45) is 0 Å². The van der Waals surface area contributed by atoms with Crippen LogP contribution in [0.25, 0.3) is 11.4 Å². The van der Waals surface area contributed by atoms with Crippen LogP contribution in [-0.4, -0.2) is 24.8 Å². The molecular formula is C15H9ClN4O3S. The van der Waals surface area contributed by atoms with E-state index in [1.807, 2.05) is 0 Å². The number of fused-ring (bicyclic) bond motifs is 2. The van der Waals surface area contributed by atoms with E-state index in [2.05, 4.69) is 10.1 Å². The van der Waals surface area contributed by atoms with E-state index in [-0.39, 0.29) is 5.69 Å². The number of nitrogens with zero attached hydrogens (tertiary/aromatic N) is 4. The standard InChI is InChI=1S/C15H9ClN4O3S/c16-9-3-1-8(2-4-9)13-17-15-19(18-13)14(21)11-7-10(20(22)23)5-6-12(11)24-15/h1-7,14,21H/t14-/m1/s1. The van der Waals surface area contributed by atoms with Crippen molar-refractivity contribution in [2.45, 2.75) is 16.3 Å². The van der Waals surface area contributed by atoms with Crippen molar-refractivity contribution in [3.8, 4) is 11.4 Å². The van der Waals surface area contributed by atoms with Crippen molar-refractivity contribution >= 4 is 29.1 Å². The summed E-state index contributed by atoms with van der Waals surface area (Å²) in [4.78, 5) is 15.6. The number of aliphatic hydroxyl groups is 1. The van der Waals surface area contributed by atoms with Gasteiger partial charge in [0.25, 0.3) is 5.69 Å². The molecule has 0 fully saturated rings. The van der Waals surface area contributed by atoms with Crippen LogP contribution in [0.3, 0.4) is 0 Å². The first kappa shape index (κ1) is 15.1. The Hall–Kier alpha value is -2.42. The molecule has 0 amide bonds. The fourth-order valence-corrected chi connectivity index (χ4v) is 3.54. The number of halogens is 1. The monoisotopic (exact) mass is 360 g/mol. The SMILES string of the molecule is O=[N+]([O-])c1ccc2c(c1)[C@@H](O)n1nc(-c3ccc(Cl)cc3)nc1S2. The molecule has 3 aromatic rings. The van der Waals surface area contributed by atoms with Crippen molar-refractivity contribution in [3.05, 3.63) is 63.2 Å². The summed E-state index contributed by atoms with van der Waals surface area (Å²) < 4.78 is 1.36. The zero-order valence-electron chi connectivity index (χ0n) is 12.0. The van der Waals surface area contributed by atoms with Gasteiger partial charge in [0.15, 0.2) is 17.2 Å². The van der Waals surface area contributed by atoms with E-state index in [0.29, 0.717) is 21.6 Å². The molecule has 0 radical (unpaired) electrons. The number of rotatable bonds is 2. The van der Waals surface area contributed by atoms with E-state index < -0.39 is 11.2 Å². The molecule has 0 saturated carbocycles. The Morgan fingerprint density at radius 2 is 2.00 bits per heavy atom. The van der Waals surface area contributed by atoms with Gasteiger partial charge in [-0.3, -0.25) is 10.1 Å². The molecule has 1 aliphatic rings. The minimum absolute atomic E-state index is 0.0742. The molecule has 4 rings (SSSR count). The summed E-state index contributed by atoms with van der Waals surface area (Å²) in [6.45, 7) is 0. The Morgan fingerprint density at radius 3 is 2.71 bits per heavy atom. The minimum atomic E-state index is -1.12. The van der Waals surface area contributed by atoms with Gasteiger partial charge in [-0.05, 0) is 42.1 Å². The van der Waals surface area contributed by atoms with Gasteiger partial charge < -0.3 is 5.11 Å². The van der Waals surface area contributed by atoms with Crippen LogP contribution in [0.4, 0.5) is 5.69 Å². The smallest absolute Gasteiger partial charge is 0.269 e. The fraction of sp³-hybridized carbons (Fsp3) is 0.0667. The molecule has 120 valence electrons. The van der Waals surface area contributed by atoms with Gasteiger partial charge in [-0.25, -0.2) is 9.67 Å². The highest BCUT2D eigenvalue weighted by molar-refractivity contribution is 7.99. The highest BCUT2D eigenvalue weighted by Gasteiger charge is 2.29. The molecular weight excluding hydrogens is 352 g/mol. The maximum atomic E-state index is 10.9. The average Bonchev–Trinajstić information content (AvgIpc) is 2.99. The maximum absolute atomic E-state index is 10.9. The summed E-state index contributed by atoms with van der Waals surface area (Å²) in [6, 6.07) is 11.4. The van der Waals surface area contributed by atoms with Crippen LogP contribution < -0.4 is 0 Å². The molecule has 0 unspecified atom stereocenters. The first-order valence-electron chi connectivity index (χ1n) is 6.89. The Balaban J connectivity index is 1.76. The molecule has 24 heavy (non-hydrogen) atoms. The number of hydrogen-bond donors (Lipinski definition) is 1. The average molecular weight is 361 g/mol. The first-order chi connectivity index (χ1) is 11.5. The van der Waals surface area contributed by atoms with E-state index in [9.17, 15) is 15.2 Å². The van der Waals surface area contributed by atoms with Crippen LogP contribution in [-0.2, 0) is 0 Å². The molecule has 2 aromatic carbocycles. The summed E-state index contributed by atoms with van der Waals surface area (Å²) in [5, 5.41) is 26.9. The number of benzene rings is 2. The molecule has 7 nitrogen and oxygen atoms in total. The summed E-state index contributed by atoms with van der Waals surface area (Å²) in [5.74, 6) is 0.454. The second-order valence-corrected chi connectivity index (χ2v) is 6.57. The van der Waals surface area contributed by atoms with Crippen molar-refractivity contribution < 1.29 is 10.0 Å². The first-order valence-corrected chi connectivity index (χ1v) is 8.09. The van der Waals surface area contributed by atoms with Gasteiger partial charge in [-0.2, -0.15) is 0 Å². The summed E-state index contributed by atoms with van der Waals surface area (Å²) in [7, 11) is 0. The number of nitro benzene ring substituents is 1. The van der Waals surface area contributed by atoms with E-state index in [1.54, 1.807) is 30.3 Å². The normalized spacial score (nSPS) is 15.7. The van der Waals surface area contributed by atoms with Gasteiger partial charge in [0, 0.05) is 33.2 Å². The highest BCUT2D eigenvalue weighted by atomic mass is 35.5. The summed E-state index contributed by atoms with van der Waals surface area (Å²) in [5.41, 5.74) is 1.13. The molecule has 9 heteroatoms. The number of non-ortho nitro benzene ring substituents is 1. The lowest BCUT2D eigenvalue weighted by Crippen LogP contribution is -2.17. The van der Waals surface area contributed by atoms with Gasteiger partial charge in [-0.15, -0.1) is 5.10 Å². The molecule has 1 atom stereocenters. The molecule has 0 spiro atoms. The third-order valence-corrected chi connectivity index (χ3v) is 4.92. The van der Waals surface area contributed by atoms with Gasteiger partial charge in [0.2, 0.25) is 0 Å². The second kappa shape index (κ2) is 5.59. The molecule has 1 aliphatic heterocycles. The van der Waals surface area contributed by atoms with Crippen molar-refractivity contribution in [2.75, 3.05) is 0 Å². The lowest BCUT2D eigenvalue weighted by atomic mass is 10.1. The number of aliphatic hydroxyl groups excluding tert-OH is 1. The summed E-state index contributed by atoms with van der Waals surface area (Å²) in [6.07, 6.45) is -1.12. The predicted octanol–water partition coefficient (Wildman–Crippen LogP) is 3.51. The van der Waals surface area contributed by atoms with Crippen molar-refractivity contribution in [1.82, 2.24) is 14.8 Å². The van der Waals surface area contributed by atoms with Crippen LogP contribution in [0.1, 0.15) is 11.8 Å². The third-order valence-electron chi connectivity index (χ3n) is 3.62. The molecule has 0 bridgehead atoms. The lowest BCUT2D eigenvalue weighted by Gasteiger charge is -2.21. The topological polar surface area (TPSA) is 94.1 Å². The number of nitro groups is 1.